The van der Waals surface area contributed by atoms with Crippen molar-refractivity contribution in [1.82, 2.24) is 10.2 Å². The van der Waals surface area contributed by atoms with Gasteiger partial charge in [0.25, 0.3) is 5.56 Å². The van der Waals surface area contributed by atoms with Gasteiger partial charge < -0.3 is 4.74 Å². The van der Waals surface area contributed by atoms with Gasteiger partial charge in [0.2, 0.25) is 0 Å². The van der Waals surface area contributed by atoms with Crippen LogP contribution in [0.5, 0.6) is 0 Å². The summed E-state index contributed by atoms with van der Waals surface area (Å²) in [5, 5.41) is 5.86. The van der Waals surface area contributed by atoms with Gasteiger partial charge in [0.15, 0.2) is 0 Å². The molecule has 0 fully saturated rings. The lowest BCUT2D eigenvalue weighted by Gasteiger charge is -2.02. The van der Waals surface area contributed by atoms with Gasteiger partial charge in [0, 0.05) is 6.92 Å². The second-order valence-corrected chi connectivity index (χ2v) is 2.64. The number of aromatic nitrogens is 2. The van der Waals surface area contributed by atoms with Gasteiger partial charge in [0.1, 0.15) is 6.61 Å². The molecule has 5 heteroatoms. The summed E-state index contributed by atoms with van der Waals surface area (Å²) in [6.45, 7) is 3.03. The summed E-state index contributed by atoms with van der Waals surface area (Å²) in [6, 6.07) is 0. The minimum absolute atomic E-state index is 0.000972. The van der Waals surface area contributed by atoms with Crippen molar-refractivity contribution in [1.29, 1.82) is 0 Å². The number of aryl methyl sites for hydroxylation is 1. The molecule has 0 unspecified atom stereocenters. The fraction of sp³-hybridized carbons (Fsp3) is 0.375. The van der Waals surface area contributed by atoms with E-state index >= 15 is 0 Å². The number of hydrogen-bond acceptors (Lipinski definition) is 4. The molecule has 0 radical (unpaired) electrons. The summed E-state index contributed by atoms with van der Waals surface area (Å²) < 4.78 is 4.70. The smallest absolute Gasteiger partial charge is 0.302 e. The summed E-state index contributed by atoms with van der Waals surface area (Å²) in [4.78, 5) is 21.6. The molecule has 1 N–H and O–H groups in total. The molecule has 0 atom stereocenters. The van der Waals surface area contributed by atoms with Gasteiger partial charge in [-0.05, 0) is 12.5 Å². The number of nitrogens with one attached hydrogen (secondary N) is 1. The molecule has 5 nitrogen and oxygen atoms in total. The van der Waals surface area contributed by atoms with Crippen LogP contribution in [0.25, 0.3) is 0 Å². The van der Waals surface area contributed by atoms with E-state index in [1.807, 2.05) is 0 Å². The maximum absolute atomic E-state index is 11.1. The van der Waals surface area contributed by atoms with Crippen LogP contribution in [0.1, 0.15) is 18.1 Å². The molecule has 0 saturated carbocycles. The second kappa shape index (κ2) is 3.84. The van der Waals surface area contributed by atoms with E-state index in [2.05, 4.69) is 10.2 Å². The van der Waals surface area contributed by atoms with Crippen LogP contribution in [0.3, 0.4) is 0 Å². The number of carbonyl (C=O) groups is 1. The minimum atomic E-state index is -0.407. The van der Waals surface area contributed by atoms with Crippen molar-refractivity contribution in [2.75, 3.05) is 0 Å². The van der Waals surface area contributed by atoms with Crippen LogP contribution >= 0.6 is 0 Å². The first-order chi connectivity index (χ1) is 6.11. The van der Waals surface area contributed by atoms with Crippen LogP contribution in [0.2, 0.25) is 0 Å². The normalized spacial score (nSPS) is 9.69. The number of carbonyl (C=O) groups excluding carboxylic acids is 1. The third-order valence-electron chi connectivity index (χ3n) is 1.59. The Morgan fingerprint density at radius 1 is 1.69 bits per heavy atom. The summed E-state index contributed by atoms with van der Waals surface area (Å²) >= 11 is 0. The molecular weight excluding hydrogens is 172 g/mol. The molecule has 0 saturated heterocycles. The molecule has 1 heterocycles. The van der Waals surface area contributed by atoms with Gasteiger partial charge in [-0.2, -0.15) is 5.10 Å². The first kappa shape index (κ1) is 9.44. The van der Waals surface area contributed by atoms with E-state index in [0.29, 0.717) is 11.1 Å². The second-order valence-electron chi connectivity index (χ2n) is 2.64. The van der Waals surface area contributed by atoms with E-state index in [0.717, 1.165) is 0 Å². The maximum atomic E-state index is 11.1. The highest BCUT2D eigenvalue weighted by Gasteiger charge is 2.05. The summed E-state index contributed by atoms with van der Waals surface area (Å²) in [5.74, 6) is -0.407. The van der Waals surface area contributed by atoms with Crippen molar-refractivity contribution in [2.24, 2.45) is 0 Å². The molecule has 1 aromatic rings. The molecule has 1 aromatic heterocycles. The Morgan fingerprint density at radius 3 is 2.92 bits per heavy atom. The Kier molecular flexibility index (Phi) is 2.79. The molecule has 0 aliphatic carbocycles. The maximum Gasteiger partial charge on any atom is 0.302 e. The predicted molar refractivity (Wildman–Crippen MR) is 45.1 cm³/mol. The van der Waals surface area contributed by atoms with Gasteiger partial charge >= 0.3 is 5.97 Å². The number of esters is 1. The van der Waals surface area contributed by atoms with Crippen LogP contribution < -0.4 is 5.56 Å². The van der Waals surface area contributed by atoms with Gasteiger partial charge in [-0.15, -0.1) is 0 Å². The first-order valence-electron chi connectivity index (χ1n) is 3.78. The molecule has 0 aliphatic heterocycles. The predicted octanol–water partition coefficient (Wildman–Crippen LogP) is 0.141. The lowest BCUT2D eigenvalue weighted by atomic mass is 10.2. The highest BCUT2D eigenvalue weighted by Crippen LogP contribution is 2.00. The quantitative estimate of drug-likeness (QED) is 0.660. The first-order valence-corrected chi connectivity index (χ1v) is 3.78. The molecule has 0 amide bonds. The topological polar surface area (TPSA) is 72.0 Å². The highest BCUT2D eigenvalue weighted by molar-refractivity contribution is 5.65. The SMILES string of the molecule is CC(=O)OCc1c(C)cn[nH]c1=O. The summed E-state index contributed by atoms with van der Waals surface area (Å²) in [5.41, 5.74) is 0.830. The molecule has 0 aromatic carbocycles. The van der Waals surface area contributed by atoms with Gasteiger partial charge in [0.05, 0.1) is 11.8 Å². The molecule has 0 spiro atoms. The lowest BCUT2D eigenvalue weighted by molar-refractivity contribution is -0.142. The Labute approximate surface area is 74.7 Å². The number of ether oxygens (including phenoxy) is 1. The largest absolute Gasteiger partial charge is 0.461 e. The van der Waals surface area contributed by atoms with Crippen molar-refractivity contribution in [3.8, 4) is 0 Å². The Balaban J connectivity index is 2.87. The average molecular weight is 182 g/mol. The minimum Gasteiger partial charge on any atom is -0.461 e. The third kappa shape index (κ3) is 2.40. The van der Waals surface area contributed by atoms with E-state index in [9.17, 15) is 9.59 Å². The van der Waals surface area contributed by atoms with E-state index in [1.54, 1.807) is 6.92 Å². The van der Waals surface area contributed by atoms with Crippen molar-refractivity contribution in [2.45, 2.75) is 20.5 Å². The number of rotatable bonds is 2. The zero-order chi connectivity index (χ0) is 9.84. The van der Waals surface area contributed by atoms with Crippen molar-refractivity contribution < 1.29 is 9.53 Å². The van der Waals surface area contributed by atoms with Gasteiger partial charge in [-0.1, -0.05) is 0 Å². The van der Waals surface area contributed by atoms with Crippen LogP contribution in [0.15, 0.2) is 11.0 Å². The molecular formula is C8H10N2O3. The number of hydrogen-bond donors (Lipinski definition) is 1. The fourth-order valence-electron chi connectivity index (χ4n) is 0.865. The van der Waals surface area contributed by atoms with Crippen LogP contribution in [-0.2, 0) is 16.1 Å². The molecule has 1 rings (SSSR count). The van der Waals surface area contributed by atoms with Crippen molar-refractivity contribution in [3.63, 3.8) is 0 Å². The molecule has 0 aliphatic rings. The monoisotopic (exact) mass is 182 g/mol. The van der Waals surface area contributed by atoms with E-state index in [1.165, 1.54) is 13.1 Å². The Hall–Kier alpha value is -1.65. The fourth-order valence-corrected chi connectivity index (χ4v) is 0.865. The summed E-state index contributed by atoms with van der Waals surface area (Å²) in [6.07, 6.45) is 1.51. The highest BCUT2D eigenvalue weighted by atomic mass is 16.5. The van der Waals surface area contributed by atoms with E-state index in [-0.39, 0.29) is 12.2 Å². The Bertz CT molecular complexity index is 370. The zero-order valence-electron chi connectivity index (χ0n) is 7.46. The van der Waals surface area contributed by atoms with Crippen LogP contribution in [0, 0.1) is 6.92 Å². The van der Waals surface area contributed by atoms with E-state index in [4.69, 9.17) is 4.74 Å². The number of aromatic amines is 1. The number of H-pyrrole nitrogens is 1. The van der Waals surface area contributed by atoms with Crippen LogP contribution in [-0.4, -0.2) is 16.2 Å². The van der Waals surface area contributed by atoms with Crippen LogP contribution in [0.4, 0.5) is 0 Å². The van der Waals surface area contributed by atoms with Gasteiger partial charge in [-0.25, -0.2) is 5.10 Å². The average Bonchev–Trinajstić information content (AvgIpc) is 2.03. The Morgan fingerprint density at radius 2 is 2.38 bits per heavy atom. The standard InChI is InChI=1S/C8H10N2O3/c1-5-3-9-10-8(12)7(5)4-13-6(2)11/h3H,4H2,1-2H3,(H,10,12). The third-order valence-corrected chi connectivity index (χ3v) is 1.59. The van der Waals surface area contributed by atoms with Crippen molar-refractivity contribution in [3.05, 3.63) is 27.7 Å². The zero-order valence-corrected chi connectivity index (χ0v) is 7.46. The number of nitrogens with zero attached hydrogens (tertiary/aromatic N) is 1. The summed E-state index contributed by atoms with van der Waals surface area (Å²) in [7, 11) is 0. The lowest BCUT2D eigenvalue weighted by Crippen LogP contribution is -2.17. The van der Waals surface area contributed by atoms with E-state index < -0.39 is 5.97 Å². The molecule has 70 valence electrons. The van der Waals surface area contributed by atoms with Gasteiger partial charge in [-0.3, -0.25) is 9.59 Å². The molecule has 0 bridgehead atoms. The van der Waals surface area contributed by atoms with Crippen molar-refractivity contribution >= 4 is 5.97 Å². The molecule has 13 heavy (non-hydrogen) atoms.